The molecule has 2 heteroatoms. The molecule has 96 valence electrons. The van der Waals surface area contributed by atoms with Crippen molar-refractivity contribution in [2.75, 3.05) is 0 Å². The molecule has 0 aliphatic heterocycles. The van der Waals surface area contributed by atoms with Gasteiger partial charge in [0.1, 0.15) is 5.82 Å². The van der Waals surface area contributed by atoms with Gasteiger partial charge in [-0.25, -0.2) is 4.39 Å². The van der Waals surface area contributed by atoms with Gasteiger partial charge in [0.25, 0.3) is 0 Å². The Balaban J connectivity index is 2.39. The molecule has 0 bridgehead atoms. The second-order valence-electron chi connectivity index (χ2n) is 4.88. The van der Waals surface area contributed by atoms with Gasteiger partial charge in [0, 0.05) is 6.04 Å². The van der Waals surface area contributed by atoms with E-state index in [1.54, 1.807) is 6.07 Å². The smallest absolute Gasteiger partial charge is 0.123 e. The zero-order chi connectivity index (χ0) is 12.7. The molecule has 0 radical (unpaired) electrons. The van der Waals surface area contributed by atoms with Crippen molar-refractivity contribution in [3.05, 3.63) is 35.1 Å². The highest BCUT2D eigenvalue weighted by atomic mass is 19.1. The first-order valence-corrected chi connectivity index (χ1v) is 6.64. The van der Waals surface area contributed by atoms with Crippen molar-refractivity contribution in [3.63, 3.8) is 0 Å². The third-order valence-corrected chi connectivity index (χ3v) is 3.22. The third kappa shape index (κ3) is 5.31. The van der Waals surface area contributed by atoms with Gasteiger partial charge >= 0.3 is 0 Å². The minimum Gasteiger partial charge on any atom is -0.327 e. The van der Waals surface area contributed by atoms with Gasteiger partial charge in [0.2, 0.25) is 0 Å². The molecule has 2 N–H and O–H groups in total. The summed E-state index contributed by atoms with van der Waals surface area (Å²) in [4.78, 5) is 0. The molecule has 0 heterocycles. The molecule has 0 aromatic heterocycles. The molecule has 1 unspecified atom stereocenters. The molecule has 0 aliphatic rings. The van der Waals surface area contributed by atoms with Crippen LogP contribution in [0.5, 0.6) is 0 Å². The zero-order valence-electron chi connectivity index (χ0n) is 11.0. The number of unbranched alkanes of at least 4 members (excludes halogenated alkanes) is 3. The van der Waals surface area contributed by atoms with E-state index in [0.717, 1.165) is 24.0 Å². The van der Waals surface area contributed by atoms with E-state index < -0.39 is 0 Å². The SMILES string of the molecule is CCCCCCC(N)Cc1cc(F)ccc1C. The Hall–Kier alpha value is -0.890. The lowest BCUT2D eigenvalue weighted by molar-refractivity contribution is 0.543. The summed E-state index contributed by atoms with van der Waals surface area (Å²) < 4.78 is 13.1. The number of halogens is 1. The molecule has 1 aromatic carbocycles. The number of aryl methyl sites for hydroxylation is 1. The van der Waals surface area contributed by atoms with E-state index in [1.165, 1.54) is 31.7 Å². The van der Waals surface area contributed by atoms with Gasteiger partial charge in [-0.2, -0.15) is 0 Å². The van der Waals surface area contributed by atoms with Crippen LogP contribution < -0.4 is 5.73 Å². The number of hydrogen-bond acceptors (Lipinski definition) is 1. The summed E-state index contributed by atoms with van der Waals surface area (Å²) >= 11 is 0. The van der Waals surface area contributed by atoms with E-state index >= 15 is 0 Å². The average Bonchev–Trinajstić information content (AvgIpc) is 2.29. The van der Waals surface area contributed by atoms with Gasteiger partial charge in [-0.1, -0.05) is 38.7 Å². The average molecular weight is 237 g/mol. The first-order valence-electron chi connectivity index (χ1n) is 6.64. The highest BCUT2D eigenvalue weighted by molar-refractivity contribution is 5.27. The van der Waals surface area contributed by atoms with Gasteiger partial charge in [0.05, 0.1) is 0 Å². The van der Waals surface area contributed by atoms with Crippen molar-refractivity contribution in [1.82, 2.24) is 0 Å². The Morgan fingerprint density at radius 3 is 2.71 bits per heavy atom. The highest BCUT2D eigenvalue weighted by Gasteiger charge is 2.07. The molecule has 17 heavy (non-hydrogen) atoms. The molecule has 1 atom stereocenters. The van der Waals surface area contributed by atoms with Crippen LogP contribution in [0.15, 0.2) is 18.2 Å². The first kappa shape index (κ1) is 14.2. The van der Waals surface area contributed by atoms with E-state index in [4.69, 9.17) is 5.73 Å². The van der Waals surface area contributed by atoms with E-state index in [0.29, 0.717) is 0 Å². The Morgan fingerprint density at radius 1 is 1.24 bits per heavy atom. The van der Waals surface area contributed by atoms with Gasteiger partial charge in [-0.15, -0.1) is 0 Å². The molecule has 0 fully saturated rings. The summed E-state index contributed by atoms with van der Waals surface area (Å²) in [7, 11) is 0. The van der Waals surface area contributed by atoms with Crippen LogP contribution in [0.2, 0.25) is 0 Å². The summed E-state index contributed by atoms with van der Waals surface area (Å²) in [5.41, 5.74) is 8.27. The summed E-state index contributed by atoms with van der Waals surface area (Å²) in [6.07, 6.45) is 6.80. The highest BCUT2D eigenvalue weighted by Crippen LogP contribution is 2.14. The fourth-order valence-electron chi connectivity index (χ4n) is 2.08. The predicted octanol–water partition coefficient (Wildman–Crippen LogP) is 3.97. The maximum Gasteiger partial charge on any atom is 0.123 e. The molecule has 0 spiro atoms. The summed E-state index contributed by atoms with van der Waals surface area (Å²) in [5.74, 6) is -0.163. The predicted molar refractivity (Wildman–Crippen MR) is 71.6 cm³/mol. The second kappa shape index (κ2) is 7.44. The van der Waals surface area contributed by atoms with E-state index in [2.05, 4.69) is 6.92 Å². The Kier molecular flexibility index (Phi) is 6.20. The second-order valence-corrected chi connectivity index (χ2v) is 4.88. The van der Waals surface area contributed by atoms with Crippen LogP contribution in [0.4, 0.5) is 4.39 Å². The quantitative estimate of drug-likeness (QED) is 0.713. The van der Waals surface area contributed by atoms with Crippen molar-refractivity contribution >= 4 is 0 Å². The maximum atomic E-state index is 13.1. The Morgan fingerprint density at radius 2 is 2.00 bits per heavy atom. The van der Waals surface area contributed by atoms with Crippen LogP contribution in [-0.4, -0.2) is 6.04 Å². The normalized spacial score (nSPS) is 12.7. The maximum absolute atomic E-state index is 13.1. The van der Waals surface area contributed by atoms with E-state index in [1.807, 2.05) is 13.0 Å². The summed E-state index contributed by atoms with van der Waals surface area (Å²) in [6.45, 7) is 4.22. The topological polar surface area (TPSA) is 26.0 Å². The van der Waals surface area contributed by atoms with Crippen molar-refractivity contribution in [3.8, 4) is 0 Å². The monoisotopic (exact) mass is 237 g/mol. The lowest BCUT2D eigenvalue weighted by Crippen LogP contribution is -2.23. The molecule has 1 nitrogen and oxygen atoms in total. The molecule has 1 rings (SSSR count). The number of hydrogen-bond donors (Lipinski definition) is 1. The van der Waals surface area contributed by atoms with Gasteiger partial charge < -0.3 is 5.73 Å². The molecule has 0 amide bonds. The van der Waals surface area contributed by atoms with Gasteiger partial charge in [-0.05, 0) is 43.0 Å². The fraction of sp³-hybridized carbons (Fsp3) is 0.600. The molecular formula is C15H24FN. The number of benzene rings is 1. The van der Waals surface area contributed by atoms with Crippen LogP contribution in [-0.2, 0) is 6.42 Å². The Labute approximate surface area is 104 Å². The molecule has 0 saturated carbocycles. The lowest BCUT2D eigenvalue weighted by atomic mass is 9.98. The summed E-state index contributed by atoms with van der Waals surface area (Å²) in [5, 5.41) is 0. The van der Waals surface area contributed by atoms with Crippen LogP contribution >= 0.6 is 0 Å². The fourth-order valence-corrected chi connectivity index (χ4v) is 2.08. The standard InChI is InChI=1S/C15H24FN/c1-3-4-5-6-7-15(17)11-13-10-14(16)9-8-12(13)2/h8-10,15H,3-7,11,17H2,1-2H3. The van der Waals surface area contributed by atoms with Crippen LogP contribution in [0.1, 0.15) is 50.2 Å². The van der Waals surface area contributed by atoms with Crippen molar-refractivity contribution < 1.29 is 4.39 Å². The lowest BCUT2D eigenvalue weighted by Gasteiger charge is -2.13. The van der Waals surface area contributed by atoms with Gasteiger partial charge in [0.15, 0.2) is 0 Å². The van der Waals surface area contributed by atoms with Crippen molar-refractivity contribution in [2.45, 2.75) is 58.4 Å². The molecule has 0 aliphatic carbocycles. The molecule has 0 saturated heterocycles. The van der Waals surface area contributed by atoms with E-state index in [-0.39, 0.29) is 11.9 Å². The minimum atomic E-state index is -0.163. The Bertz CT molecular complexity index is 336. The molecular weight excluding hydrogens is 213 g/mol. The van der Waals surface area contributed by atoms with Crippen LogP contribution in [0.3, 0.4) is 0 Å². The van der Waals surface area contributed by atoms with Crippen LogP contribution in [0.25, 0.3) is 0 Å². The first-order chi connectivity index (χ1) is 8.13. The summed E-state index contributed by atoms with van der Waals surface area (Å²) in [6, 6.07) is 5.11. The van der Waals surface area contributed by atoms with Crippen molar-refractivity contribution in [1.29, 1.82) is 0 Å². The number of rotatable bonds is 7. The largest absolute Gasteiger partial charge is 0.327 e. The van der Waals surface area contributed by atoms with Crippen LogP contribution in [0, 0.1) is 12.7 Å². The minimum absolute atomic E-state index is 0.160. The molecule has 1 aromatic rings. The zero-order valence-corrected chi connectivity index (χ0v) is 11.0. The third-order valence-electron chi connectivity index (χ3n) is 3.22. The van der Waals surface area contributed by atoms with Crippen molar-refractivity contribution in [2.24, 2.45) is 5.73 Å². The van der Waals surface area contributed by atoms with E-state index in [9.17, 15) is 4.39 Å². The number of nitrogens with two attached hydrogens (primary N) is 1. The van der Waals surface area contributed by atoms with Gasteiger partial charge in [-0.3, -0.25) is 0 Å².